The standard InChI is InChI=1S/C14H10FN3/c15-12-3-1-10(2-4-12)14-9-11(5-7-16-14)13-6-8-17-18-13/h1-9H,(H,17,18). The number of aromatic nitrogens is 3. The van der Waals surface area contributed by atoms with E-state index in [9.17, 15) is 4.39 Å². The molecule has 2 heterocycles. The molecule has 0 atom stereocenters. The third kappa shape index (κ3) is 2.00. The molecule has 1 aromatic carbocycles. The van der Waals surface area contributed by atoms with Crippen LogP contribution >= 0.6 is 0 Å². The molecule has 0 amide bonds. The monoisotopic (exact) mass is 239 g/mol. The average molecular weight is 239 g/mol. The summed E-state index contributed by atoms with van der Waals surface area (Å²) in [6, 6.07) is 12.0. The normalized spacial score (nSPS) is 10.5. The molecular weight excluding hydrogens is 229 g/mol. The summed E-state index contributed by atoms with van der Waals surface area (Å²) >= 11 is 0. The van der Waals surface area contributed by atoms with Crippen LogP contribution in [0.1, 0.15) is 0 Å². The molecule has 1 N–H and O–H groups in total. The molecule has 0 aliphatic heterocycles. The van der Waals surface area contributed by atoms with Crippen LogP contribution in [0.3, 0.4) is 0 Å². The molecule has 3 nitrogen and oxygen atoms in total. The summed E-state index contributed by atoms with van der Waals surface area (Å²) in [6.45, 7) is 0. The summed E-state index contributed by atoms with van der Waals surface area (Å²) in [6.07, 6.45) is 3.50. The van der Waals surface area contributed by atoms with Crippen molar-refractivity contribution in [1.82, 2.24) is 15.2 Å². The lowest BCUT2D eigenvalue weighted by atomic mass is 10.1. The van der Waals surface area contributed by atoms with Gasteiger partial charge in [-0.05, 0) is 42.5 Å². The Morgan fingerprint density at radius 2 is 1.72 bits per heavy atom. The summed E-state index contributed by atoms with van der Waals surface area (Å²) in [7, 11) is 0. The number of H-pyrrole nitrogens is 1. The van der Waals surface area contributed by atoms with E-state index in [4.69, 9.17) is 0 Å². The van der Waals surface area contributed by atoms with Crippen molar-refractivity contribution in [2.75, 3.05) is 0 Å². The second-order valence-corrected chi connectivity index (χ2v) is 3.90. The molecule has 0 spiro atoms. The van der Waals surface area contributed by atoms with Crippen LogP contribution in [-0.2, 0) is 0 Å². The van der Waals surface area contributed by atoms with Gasteiger partial charge in [-0.2, -0.15) is 5.10 Å². The van der Waals surface area contributed by atoms with E-state index in [0.29, 0.717) is 0 Å². The number of rotatable bonds is 2. The fourth-order valence-corrected chi connectivity index (χ4v) is 1.79. The molecule has 0 bridgehead atoms. The highest BCUT2D eigenvalue weighted by molar-refractivity contribution is 5.67. The molecule has 0 aliphatic carbocycles. The maximum absolute atomic E-state index is 12.9. The maximum atomic E-state index is 12.9. The first-order valence-corrected chi connectivity index (χ1v) is 5.55. The summed E-state index contributed by atoms with van der Waals surface area (Å²) in [5, 5.41) is 6.90. The molecule has 2 aromatic heterocycles. The van der Waals surface area contributed by atoms with Crippen LogP contribution in [0.2, 0.25) is 0 Å². The van der Waals surface area contributed by atoms with Gasteiger partial charge < -0.3 is 0 Å². The molecule has 18 heavy (non-hydrogen) atoms. The van der Waals surface area contributed by atoms with Crippen molar-refractivity contribution in [1.29, 1.82) is 0 Å². The van der Waals surface area contributed by atoms with E-state index in [1.807, 2.05) is 18.2 Å². The quantitative estimate of drug-likeness (QED) is 0.745. The number of nitrogens with one attached hydrogen (secondary N) is 1. The van der Waals surface area contributed by atoms with Gasteiger partial charge in [0.15, 0.2) is 0 Å². The van der Waals surface area contributed by atoms with E-state index in [1.54, 1.807) is 24.5 Å². The van der Waals surface area contributed by atoms with E-state index in [1.165, 1.54) is 12.1 Å². The SMILES string of the molecule is Fc1ccc(-c2cc(-c3cc[nH]n3)ccn2)cc1. The number of halogens is 1. The molecule has 0 saturated heterocycles. The number of nitrogens with zero attached hydrogens (tertiary/aromatic N) is 2. The number of benzene rings is 1. The molecule has 0 saturated carbocycles. The van der Waals surface area contributed by atoms with Gasteiger partial charge >= 0.3 is 0 Å². The van der Waals surface area contributed by atoms with Crippen LogP contribution < -0.4 is 0 Å². The van der Waals surface area contributed by atoms with Gasteiger partial charge in [0.1, 0.15) is 5.82 Å². The van der Waals surface area contributed by atoms with Crippen LogP contribution in [0.5, 0.6) is 0 Å². The molecule has 0 aliphatic rings. The summed E-state index contributed by atoms with van der Waals surface area (Å²) < 4.78 is 12.9. The Labute approximate surface area is 103 Å². The fourth-order valence-electron chi connectivity index (χ4n) is 1.79. The van der Waals surface area contributed by atoms with E-state index in [0.717, 1.165) is 22.5 Å². The Bertz CT molecular complexity index is 645. The zero-order chi connectivity index (χ0) is 12.4. The lowest BCUT2D eigenvalue weighted by Crippen LogP contribution is -1.86. The van der Waals surface area contributed by atoms with Crippen molar-refractivity contribution < 1.29 is 4.39 Å². The van der Waals surface area contributed by atoms with Crippen LogP contribution in [-0.4, -0.2) is 15.2 Å². The van der Waals surface area contributed by atoms with Crippen LogP contribution in [0.4, 0.5) is 4.39 Å². The largest absolute Gasteiger partial charge is 0.285 e. The smallest absolute Gasteiger partial charge is 0.123 e. The van der Waals surface area contributed by atoms with Crippen molar-refractivity contribution in [3.63, 3.8) is 0 Å². The molecule has 3 rings (SSSR count). The van der Waals surface area contributed by atoms with Crippen molar-refractivity contribution in [3.05, 3.63) is 60.7 Å². The highest BCUT2D eigenvalue weighted by Crippen LogP contribution is 2.23. The van der Waals surface area contributed by atoms with Gasteiger partial charge in [0.2, 0.25) is 0 Å². The number of hydrogen-bond donors (Lipinski definition) is 1. The zero-order valence-corrected chi connectivity index (χ0v) is 9.47. The average Bonchev–Trinajstić information content (AvgIpc) is 2.94. The van der Waals surface area contributed by atoms with Crippen molar-refractivity contribution in [3.8, 4) is 22.5 Å². The Morgan fingerprint density at radius 3 is 2.44 bits per heavy atom. The van der Waals surface area contributed by atoms with E-state index < -0.39 is 0 Å². The zero-order valence-electron chi connectivity index (χ0n) is 9.47. The minimum atomic E-state index is -0.248. The summed E-state index contributed by atoms with van der Waals surface area (Å²) in [5.41, 5.74) is 3.52. The fraction of sp³-hybridized carbons (Fsp3) is 0. The molecule has 3 aromatic rings. The predicted molar refractivity (Wildman–Crippen MR) is 67.2 cm³/mol. The number of hydrogen-bond acceptors (Lipinski definition) is 2. The Kier molecular flexibility index (Phi) is 2.61. The first-order valence-electron chi connectivity index (χ1n) is 5.55. The maximum Gasteiger partial charge on any atom is 0.123 e. The highest BCUT2D eigenvalue weighted by atomic mass is 19.1. The Morgan fingerprint density at radius 1 is 0.889 bits per heavy atom. The van der Waals surface area contributed by atoms with Gasteiger partial charge in [0.05, 0.1) is 11.4 Å². The van der Waals surface area contributed by atoms with Gasteiger partial charge in [-0.15, -0.1) is 0 Å². The first-order chi connectivity index (χ1) is 8.83. The second kappa shape index (κ2) is 4.41. The molecular formula is C14H10FN3. The first kappa shape index (κ1) is 10.7. The minimum absolute atomic E-state index is 0.248. The molecule has 0 unspecified atom stereocenters. The van der Waals surface area contributed by atoms with E-state index >= 15 is 0 Å². The van der Waals surface area contributed by atoms with Gasteiger partial charge in [-0.3, -0.25) is 10.1 Å². The number of pyridine rings is 1. The van der Waals surface area contributed by atoms with Crippen molar-refractivity contribution in [2.45, 2.75) is 0 Å². The highest BCUT2D eigenvalue weighted by Gasteiger charge is 2.04. The van der Waals surface area contributed by atoms with Gasteiger partial charge in [0, 0.05) is 23.5 Å². The van der Waals surface area contributed by atoms with Crippen molar-refractivity contribution in [2.24, 2.45) is 0 Å². The van der Waals surface area contributed by atoms with E-state index in [-0.39, 0.29) is 5.82 Å². The third-order valence-electron chi connectivity index (χ3n) is 2.70. The summed E-state index contributed by atoms with van der Waals surface area (Å²) in [5.74, 6) is -0.248. The van der Waals surface area contributed by atoms with Gasteiger partial charge in [0.25, 0.3) is 0 Å². The number of aromatic amines is 1. The van der Waals surface area contributed by atoms with Crippen LogP contribution in [0, 0.1) is 5.82 Å². The minimum Gasteiger partial charge on any atom is -0.285 e. The lowest BCUT2D eigenvalue weighted by Gasteiger charge is -2.02. The second-order valence-electron chi connectivity index (χ2n) is 3.90. The Balaban J connectivity index is 2.03. The molecule has 0 fully saturated rings. The lowest BCUT2D eigenvalue weighted by molar-refractivity contribution is 0.628. The van der Waals surface area contributed by atoms with Crippen LogP contribution in [0.15, 0.2) is 54.9 Å². The predicted octanol–water partition coefficient (Wildman–Crippen LogP) is 3.28. The van der Waals surface area contributed by atoms with Gasteiger partial charge in [-0.25, -0.2) is 4.39 Å². The third-order valence-corrected chi connectivity index (χ3v) is 2.70. The van der Waals surface area contributed by atoms with E-state index in [2.05, 4.69) is 15.2 Å². The molecule has 0 radical (unpaired) electrons. The topological polar surface area (TPSA) is 41.6 Å². The molecule has 4 heteroatoms. The summed E-state index contributed by atoms with van der Waals surface area (Å²) in [4.78, 5) is 4.29. The van der Waals surface area contributed by atoms with Crippen LogP contribution in [0.25, 0.3) is 22.5 Å². The molecule has 88 valence electrons. The Hall–Kier alpha value is -2.49. The van der Waals surface area contributed by atoms with Crippen molar-refractivity contribution >= 4 is 0 Å². The van der Waals surface area contributed by atoms with Gasteiger partial charge in [-0.1, -0.05) is 0 Å².